The van der Waals surface area contributed by atoms with Gasteiger partial charge in [-0.25, -0.2) is 4.98 Å². The third-order valence-corrected chi connectivity index (χ3v) is 3.78. The molecule has 1 fully saturated rings. The van der Waals surface area contributed by atoms with Crippen LogP contribution in [0.3, 0.4) is 0 Å². The molecule has 1 saturated carbocycles. The second-order valence-electron chi connectivity index (χ2n) is 4.64. The standard InChI is InChI=1S/C13H20N2O/c1-3-13(7-4-8-13)10-15-12-6-5-11(16-2)9-14-12/h5-6,9H,3-4,7-8,10H2,1-2H3,(H,14,15). The fourth-order valence-corrected chi connectivity index (χ4v) is 2.22. The van der Waals surface area contributed by atoms with Crippen molar-refractivity contribution in [2.45, 2.75) is 32.6 Å². The Morgan fingerprint density at radius 2 is 2.25 bits per heavy atom. The van der Waals surface area contributed by atoms with Crippen LogP contribution in [0.5, 0.6) is 5.75 Å². The number of methoxy groups -OCH3 is 1. The van der Waals surface area contributed by atoms with Crippen molar-refractivity contribution in [1.82, 2.24) is 4.98 Å². The Hall–Kier alpha value is -1.25. The van der Waals surface area contributed by atoms with Gasteiger partial charge in [0.1, 0.15) is 11.6 Å². The van der Waals surface area contributed by atoms with Crippen LogP contribution in [0.4, 0.5) is 5.82 Å². The molecular weight excluding hydrogens is 200 g/mol. The van der Waals surface area contributed by atoms with E-state index in [9.17, 15) is 0 Å². The molecule has 0 amide bonds. The summed E-state index contributed by atoms with van der Waals surface area (Å²) in [6.07, 6.45) is 7.10. The van der Waals surface area contributed by atoms with Crippen LogP contribution in [0.15, 0.2) is 18.3 Å². The van der Waals surface area contributed by atoms with Crippen molar-refractivity contribution in [1.29, 1.82) is 0 Å². The zero-order valence-corrected chi connectivity index (χ0v) is 10.1. The molecule has 0 aliphatic heterocycles. The maximum atomic E-state index is 5.08. The van der Waals surface area contributed by atoms with Crippen molar-refractivity contribution >= 4 is 5.82 Å². The molecule has 0 saturated heterocycles. The minimum Gasteiger partial charge on any atom is -0.495 e. The molecule has 16 heavy (non-hydrogen) atoms. The van der Waals surface area contributed by atoms with Crippen LogP contribution in [-0.4, -0.2) is 18.6 Å². The van der Waals surface area contributed by atoms with Crippen molar-refractivity contribution in [3.05, 3.63) is 18.3 Å². The first kappa shape index (κ1) is 11.2. The molecule has 3 heteroatoms. The number of nitrogens with zero attached hydrogens (tertiary/aromatic N) is 1. The maximum absolute atomic E-state index is 5.08. The second kappa shape index (κ2) is 4.73. The van der Waals surface area contributed by atoms with Gasteiger partial charge in [0.05, 0.1) is 13.3 Å². The summed E-state index contributed by atoms with van der Waals surface area (Å²) in [5.74, 6) is 1.75. The molecule has 2 rings (SSSR count). The highest BCUT2D eigenvalue weighted by Gasteiger charge is 2.34. The minimum atomic E-state index is 0.529. The van der Waals surface area contributed by atoms with Gasteiger partial charge in [0, 0.05) is 6.54 Å². The third-order valence-electron chi connectivity index (χ3n) is 3.78. The molecule has 0 atom stereocenters. The third kappa shape index (κ3) is 2.29. The van der Waals surface area contributed by atoms with E-state index >= 15 is 0 Å². The van der Waals surface area contributed by atoms with Crippen molar-refractivity contribution in [3.63, 3.8) is 0 Å². The molecule has 0 spiro atoms. The lowest BCUT2D eigenvalue weighted by Crippen LogP contribution is -2.35. The molecule has 0 radical (unpaired) electrons. The molecule has 1 heterocycles. The predicted molar refractivity (Wildman–Crippen MR) is 65.9 cm³/mol. The summed E-state index contributed by atoms with van der Waals surface area (Å²) in [4.78, 5) is 4.31. The number of pyridine rings is 1. The molecule has 1 N–H and O–H groups in total. The van der Waals surface area contributed by atoms with E-state index in [0.717, 1.165) is 18.1 Å². The Balaban J connectivity index is 1.89. The van der Waals surface area contributed by atoms with Crippen LogP contribution in [0, 0.1) is 5.41 Å². The van der Waals surface area contributed by atoms with E-state index in [2.05, 4.69) is 17.2 Å². The first-order chi connectivity index (χ1) is 7.78. The van der Waals surface area contributed by atoms with Gasteiger partial charge in [-0.05, 0) is 36.8 Å². The molecule has 0 bridgehead atoms. The molecular formula is C13H20N2O. The lowest BCUT2D eigenvalue weighted by Gasteiger charge is -2.41. The Bertz CT molecular complexity index is 325. The van der Waals surface area contributed by atoms with Crippen molar-refractivity contribution in [3.8, 4) is 5.75 Å². The first-order valence-electron chi connectivity index (χ1n) is 6.02. The molecule has 0 unspecified atom stereocenters. The molecule has 1 aromatic rings. The highest BCUT2D eigenvalue weighted by Crippen LogP contribution is 2.43. The molecule has 1 aliphatic carbocycles. The van der Waals surface area contributed by atoms with Gasteiger partial charge in [0.25, 0.3) is 0 Å². The van der Waals surface area contributed by atoms with E-state index in [-0.39, 0.29) is 0 Å². The van der Waals surface area contributed by atoms with Crippen LogP contribution in [0.25, 0.3) is 0 Å². The average molecular weight is 220 g/mol. The van der Waals surface area contributed by atoms with Crippen molar-refractivity contribution in [2.24, 2.45) is 5.41 Å². The van der Waals surface area contributed by atoms with Crippen molar-refractivity contribution < 1.29 is 4.74 Å². The van der Waals surface area contributed by atoms with Crippen LogP contribution in [-0.2, 0) is 0 Å². The molecule has 1 aliphatic rings. The van der Waals surface area contributed by atoms with E-state index in [1.807, 2.05) is 12.1 Å². The van der Waals surface area contributed by atoms with E-state index in [4.69, 9.17) is 4.74 Å². The zero-order chi connectivity index (χ0) is 11.4. The van der Waals surface area contributed by atoms with Gasteiger partial charge in [-0.1, -0.05) is 13.3 Å². The summed E-state index contributed by atoms with van der Waals surface area (Å²) in [5.41, 5.74) is 0.529. The Kier molecular flexibility index (Phi) is 3.32. The van der Waals surface area contributed by atoms with Crippen LogP contribution < -0.4 is 10.1 Å². The second-order valence-corrected chi connectivity index (χ2v) is 4.64. The van der Waals surface area contributed by atoms with E-state index < -0.39 is 0 Å². The first-order valence-corrected chi connectivity index (χ1v) is 6.02. The summed E-state index contributed by atoms with van der Waals surface area (Å²) >= 11 is 0. The molecule has 0 aromatic carbocycles. The van der Waals surface area contributed by atoms with Crippen molar-refractivity contribution in [2.75, 3.05) is 19.0 Å². The summed E-state index contributed by atoms with van der Waals surface area (Å²) < 4.78 is 5.08. The number of rotatable bonds is 5. The Morgan fingerprint density at radius 3 is 2.69 bits per heavy atom. The van der Waals surface area contributed by atoms with E-state index in [1.54, 1.807) is 13.3 Å². The number of aromatic nitrogens is 1. The molecule has 1 aromatic heterocycles. The van der Waals surface area contributed by atoms with Crippen LogP contribution in [0.1, 0.15) is 32.6 Å². The van der Waals surface area contributed by atoms with Crippen LogP contribution >= 0.6 is 0 Å². The number of hydrogen-bond donors (Lipinski definition) is 1. The van der Waals surface area contributed by atoms with Crippen LogP contribution in [0.2, 0.25) is 0 Å². The Morgan fingerprint density at radius 1 is 1.44 bits per heavy atom. The average Bonchev–Trinajstić information content (AvgIpc) is 2.29. The lowest BCUT2D eigenvalue weighted by atomic mass is 9.67. The summed E-state index contributed by atoms with van der Waals surface area (Å²) in [5, 5.41) is 3.42. The highest BCUT2D eigenvalue weighted by molar-refractivity contribution is 5.37. The zero-order valence-electron chi connectivity index (χ0n) is 10.1. The Labute approximate surface area is 97.2 Å². The normalized spacial score (nSPS) is 17.6. The van der Waals surface area contributed by atoms with Gasteiger partial charge in [-0.2, -0.15) is 0 Å². The van der Waals surface area contributed by atoms with Gasteiger partial charge < -0.3 is 10.1 Å². The topological polar surface area (TPSA) is 34.1 Å². The summed E-state index contributed by atoms with van der Waals surface area (Å²) in [7, 11) is 1.66. The summed E-state index contributed by atoms with van der Waals surface area (Å²) in [6.45, 7) is 3.32. The van der Waals surface area contributed by atoms with Gasteiger partial charge >= 0.3 is 0 Å². The van der Waals surface area contributed by atoms with E-state index in [0.29, 0.717) is 5.41 Å². The molecule has 88 valence electrons. The molecule has 3 nitrogen and oxygen atoms in total. The quantitative estimate of drug-likeness (QED) is 0.828. The number of anilines is 1. The smallest absolute Gasteiger partial charge is 0.137 e. The fourth-order valence-electron chi connectivity index (χ4n) is 2.22. The van der Waals surface area contributed by atoms with Gasteiger partial charge in [-0.15, -0.1) is 0 Å². The predicted octanol–water partition coefficient (Wildman–Crippen LogP) is 3.08. The monoisotopic (exact) mass is 220 g/mol. The largest absolute Gasteiger partial charge is 0.495 e. The van der Waals surface area contributed by atoms with Gasteiger partial charge in [-0.3, -0.25) is 0 Å². The van der Waals surface area contributed by atoms with Gasteiger partial charge in [0.15, 0.2) is 0 Å². The fraction of sp³-hybridized carbons (Fsp3) is 0.615. The maximum Gasteiger partial charge on any atom is 0.137 e. The summed E-state index contributed by atoms with van der Waals surface area (Å²) in [6, 6.07) is 3.91. The number of nitrogens with one attached hydrogen (secondary N) is 1. The lowest BCUT2D eigenvalue weighted by molar-refractivity contribution is 0.145. The minimum absolute atomic E-state index is 0.529. The van der Waals surface area contributed by atoms with E-state index in [1.165, 1.54) is 25.7 Å². The van der Waals surface area contributed by atoms with Gasteiger partial charge in [0.2, 0.25) is 0 Å². The number of ether oxygens (including phenoxy) is 1. The SMILES string of the molecule is CCC1(CNc2ccc(OC)cn2)CCC1. The number of hydrogen-bond acceptors (Lipinski definition) is 3. The highest BCUT2D eigenvalue weighted by atomic mass is 16.5.